The van der Waals surface area contributed by atoms with E-state index in [1.807, 2.05) is 37.3 Å². The maximum atomic E-state index is 13.8. The average molecular weight is 477 g/mol. The van der Waals surface area contributed by atoms with Crippen LogP contribution in [0.15, 0.2) is 48.7 Å². The molecular formula is C28H36N4O3. The number of carbonyl (C=O) groups excluding carboxylic acids is 2. The Labute approximate surface area is 207 Å². The highest BCUT2D eigenvalue weighted by Crippen LogP contribution is 2.42. The van der Waals surface area contributed by atoms with Gasteiger partial charge < -0.3 is 14.9 Å². The summed E-state index contributed by atoms with van der Waals surface area (Å²) >= 11 is 0. The smallest absolute Gasteiger partial charge is 0.276 e. The van der Waals surface area contributed by atoms with Crippen LogP contribution in [0.3, 0.4) is 0 Å². The van der Waals surface area contributed by atoms with Crippen LogP contribution in [0.4, 0.5) is 5.69 Å². The number of amides is 2. The number of pyridine rings is 1. The predicted octanol–water partition coefficient (Wildman–Crippen LogP) is 3.62. The summed E-state index contributed by atoms with van der Waals surface area (Å²) in [5.74, 6) is 0.0741. The predicted molar refractivity (Wildman–Crippen MR) is 135 cm³/mol. The molecule has 7 heteroatoms. The van der Waals surface area contributed by atoms with Gasteiger partial charge in [-0.15, -0.1) is 0 Å². The van der Waals surface area contributed by atoms with Crippen LogP contribution in [0.5, 0.6) is 0 Å². The number of anilines is 1. The fourth-order valence-corrected chi connectivity index (χ4v) is 6.35. The third-order valence-electron chi connectivity index (χ3n) is 8.09. The highest BCUT2D eigenvalue weighted by molar-refractivity contribution is 6.04. The van der Waals surface area contributed by atoms with Gasteiger partial charge in [-0.1, -0.05) is 37.5 Å². The molecule has 1 unspecified atom stereocenters. The average Bonchev–Trinajstić information content (AvgIpc) is 3.39. The molecular weight excluding hydrogens is 440 g/mol. The number of aliphatic hydroxyl groups excluding tert-OH is 1. The van der Waals surface area contributed by atoms with Gasteiger partial charge in [0.15, 0.2) is 0 Å². The second kappa shape index (κ2) is 10.1. The van der Waals surface area contributed by atoms with Crippen LogP contribution >= 0.6 is 0 Å². The molecule has 35 heavy (non-hydrogen) atoms. The first-order valence-corrected chi connectivity index (χ1v) is 13.1. The van der Waals surface area contributed by atoms with E-state index in [-0.39, 0.29) is 11.8 Å². The SMILES string of the molecule is CCN(C(=O)c1ccccn1)c1cccc(CN2C[C@H](O)CC23CCN(C2CCCCC2)C3=O)c1. The minimum atomic E-state index is -0.610. The summed E-state index contributed by atoms with van der Waals surface area (Å²) in [6.45, 7) is 4.34. The monoisotopic (exact) mass is 476 g/mol. The van der Waals surface area contributed by atoms with Gasteiger partial charge in [-0.25, -0.2) is 0 Å². The van der Waals surface area contributed by atoms with Gasteiger partial charge in [0, 0.05) is 50.5 Å². The molecule has 186 valence electrons. The zero-order chi connectivity index (χ0) is 24.4. The van der Waals surface area contributed by atoms with E-state index in [0.29, 0.717) is 37.8 Å². The number of likely N-dealkylation sites (tertiary alicyclic amines) is 2. The summed E-state index contributed by atoms with van der Waals surface area (Å²) in [5, 5.41) is 10.6. The van der Waals surface area contributed by atoms with Gasteiger partial charge in [0.2, 0.25) is 5.91 Å². The van der Waals surface area contributed by atoms with E-state index in [1.165, 1.54) is 19.3 Å². The van der Waals surface area contributed by atoms with Gasteiger partial charge in [-0.3, -0.25) is 19.5 Å². The lowest BCUT2D eigenvalue weighted by Gasteiger charge is -2.36. The topological polar surface area (TPSA) is 77.0 Å². The number of β-amino-alcohol motifs (C(OH)–C–C–N with tert-alkyl or cyclic N) is 1. The molecule has 2 aliphatic heterocycles. The number of rotatable bonds is 6. The molecule has 2 aromatic rings. The molecule has 2 amide bonds. The first-order valence-electron chi connectivity index (χ1n) is 13.1. The largest absolute Gasteiger partial charge is 0.392 e. The van der Waals surface area contributed by atoms with Gasteiger partial charge in [0.1, 0.15) is 11.2 Å². The van der Waals surface area contributed by atoms with Crippen LogP contribution in [0.2, 0.25) is 0 Å². The molecule has 3 fully saturated rings. The van der Waals surface area contributed by atoms with Crippen molar-refractivity contribution in [3.63, 3.8) is 0 Å². The van der Waals surface area contributed by atoms with Crippen LogP contribution < -0.4 is 4.90 Å². The Balaban J connectivity index is 1.35. The van der Waals surface area contributed by atoms with Gasteiger partial charge in [0.05, 0.1) is 6.10 Å². The van der Waals surface area contributed by atoms with Crippen LogP contribution in [-0.2, 0) is 11.3 Å². The molecule has 1 aliphatic carbocycles. The standard InChI is InChI=1S/C28H36N4O3/c1-2-31(26(34)25-13-6-7-15-29-25)23-12-8-9-21(17-23)19-30-20-24(33)18-28(30)14-16-32(27(28)35)22-10-4-3-5-11-22/h6-9,12-13,15,17,22,24,33H,2-5,10-11,14,16,18-20H2,1H3/t24-,28?/m1/s1. The Morgan fingerprint density at radius 1 is 1.17 bits per heavy atom. The van der Waals surface area contributed by atoms with Crippen molar-refractivity contribution in [3.05, 3.63) is 59.9 Å². The lowest BCUT2D eigenvalue weighted by Crippen LogP contribution is -2.51. The molecule has 2 atom stereocenters. The molecule has 3 aliphatic rings. The van der Waals surface area contributed by atoms with E-state index in [4.69, 9.17) is 0 Å². The normalized spacial score (nSPS) is 25.5. The van der Waals surface area contributed by atoms with E-state index in [1.54, 1.807) is 23.2 Å². The van der Waals surface area contributed by atoms with Crippen LogP contribution in [0, 0.1) is 0 Å². The Hall–Kier alpha value is -2.77. The fraction of sp³-hybridized carbons (Fsp3) is 0.536. The van der Waals surface area contributed by atoms with E-state index < -0.39 is 11.6 Å². The molecule has 0 bridgehead atoms. The zero-order valence-corrected chi connectivity index (χ0v) is 20.6. The van der Waals surface area contributed by atoms with Crippen molar-refractivity contribution in [3.8, 4) is 0 Å². The third kappa shape index (κ3) is 4.59. The number of carbonyl (C=O) groups is 2. The van der Waals surface area contributed by atoms with Crippen molar-refractivity contribution in [1.29, 1.82) is 0 Å². The number of nitrogens with zero attached hydrogens (tertiary/aromatic N) is 4. The molecule has 1 aromatic heterocycles. The van der Waals surface area contributed by atoms with Gasteiger partial charge >= 0.3 is 0 Å². The second-order valence-electron chi connectivity index (χ2n) is 10.2. The van der Waals surface area contributed by atoms with E-state index in [2.05, 4.69) is 14.8 Å². The lowest BCUT2D eigenvalue weighted by atomic mass is 9.91. The van der Waals surface area contributed by atoms with Crippen LogP contribution in [0.25, 0.3) is 0 Å². The van der Waals surface area contributed by atoms with Gasteiger partial charge in [-0.2, -0.15) is 0 Å². The molecule has 0 radical (unpaired) electrons. The number of hydrogen-bond acceptors (Lipinski definition) is 5. The van der Waals surface area contributed by atoms with Gasteiger partial charge in [0.25, 0.3) is 5.91 Å². The number of aromatic nitrogens is 1. The third-order valence-corrected chi connectivity index (χ3v) is 8.09. The highest BCUT2D eigenvalue weighted by atomic mass is 16.3. The molecule has 1 spiro atoms. The Morgan fingerprint density at radius 2 is 2.00 bits per heavy atom. The van der Waals surface area contributed by atoms with Crippen LogP contribution in [-0.4, -0.2) is 69.0 Å². The minimum absolute atomic E-state index is 0.132. The van der Waals surface area contributed by atoms with E-state index in [0.717, 1.165) is 37.1 Å². The van der Waals surface area contributed by atoms with Crippen molar-refractivity contribution in [2.24, 2.45) is 0 Å². The minimum Gasteiger partial charge on any atom is -0.392 e. The summed E-state index contributed by atoms with van der Waals surface area (Å²) in [5.41, 5.74) is 1.66. The first kappa shape index (κ1) is 23.9. The summed E-state index contributed by atoms with van der Waals surface area (Å²) in [7, 11) is 0. The Morgan fingerprint density at radius 3 is 2.74 bits per heavy atom. The quantitative estimate of drug-likeness (QED) is 0.689. The summed E-state index contributed by atoms with van der Waals surface area (Å²) in [6.07, 6.45) is 8.29. The summed E-state index contributed by atoms with van der Waals surface area (Å²) < 4.78 is 0. The van der Waals surface area contributed by atoms with Crippen LogP contribution in [0.1, 0.15) is 67.9 Å². The first-order chi connectivity index (χ1) is 17.0. The molecule has 5 rings (SSSR count). The lowest BCUT2D eigenvalue weighted by molar-refractivity contribution is -0.139. The molecule has 3 heterocycles. The second-order valence-corrected chi connectivity index (χ2v) is 10.2. The number of benzene rings is 1. The fourth-order valence-electron chi connectivity index (χ4n) is 6.35. The number of aliphatic hydroxyl groups is 1. The number of hydrogen-bond donors (Lipinski definition) is 1. The van der Waals surface area contributed by atoms with E-state index >= 15 is 0 Å². The highest BCUT2D eigenvalue weighted by Gasteiger charge is 2.56. The molecule has 1 N–H and O–H groups in total. The van der Waals surface area contributed by atoms with Gasteiger partial charge in [-0.05, 0) is 56.0 Å². The molecule has 7 nitrogen and oxygen atoms in total. The summed E-state index contributed by atoms with van der Waals surface area (Å²) in [6, 6.07) is 13.7. The van der Waals surface area contributed by atoms with Crippen molar-refractivity contribution in [2.45, 2.75) is 76.1 Å². The maximum absolute atomic E-state index is 13.8. The van der Waals surface area contributed by atoms with Crippen molar-refractivity contribution in [1.82, 2.24) is 14.8 Å². The molecule has 1 saturated carbocycles. The van der Waals surface area contributed by atoms with Crippen molar-refractivity contribution in [2.75, 3.05) is 24.5 Å². The zero-order valence-electron chi connectivity index (χ0n) is 20.6. The Bertz CT molecular complexity index is 1060. The molecule has 2 saturated heterocycles. The van der Waals surface area contributed by atoms with E-state index in [9.17, 15) is 14.7 Å². The molecule has 1 aromatic carbocycles. The maximum Gasteiger partial charge on any atom is 0.276 e. The van der Waals surface area contributed by atoms with Crippen molar-refractivity contribution >= 4 is 17.5 Å². The Kier molecular flexibility index (Phi) is 6.89. The summed E-state index contributed by atoms with van der Waals surface area (Å²) in [4.78, 5) is 37.1. The van der Waals surface area contributed by atoms with Crippen molar-refractivity contribution < 1.29 is 14.7 Å².